The number of aliphatic hydroxyl groups is 1. The Morgan fingerprint density at radius 2 is 1.97 bits per heavy atom. The Bertz CT molecular complexity index is 1330. The number of rotatable bonds is 8. The Balaban J connectivity index is 1.22. The van der Waals surface area contributed by atoms with Crippen molar-refractivity contribution in [2.75, 3.05) is 39.6 Å². The molecule has 2 aliphatic heterocycles. The number of hydrogen-bond acceptors (Lipinski definition) is 8. The molecule has 3 aromatic rings. The number of nitrogens with one attached hydrogen (secondary N) is 2. The van der Waals surface area contributed by atoms with Gasteiger partial charge in [-0.1, -0.05) is 0 Å². The van der Waals surface area contributed by atoms with Crippen LogP contribution >= 0.6 is 0 Å². The zero-order valence-corrected chi connectivity index (χ0v) is 20.4. The van der Waals surface area contributed by atoms with Crippen molar-refractivity contribution in [1.29, 1.82) is 0 Å². The summed E-state index contributed by atoms with van der Waals surface area (Å²) in [5, 5.41) is 12.1. The van der Waals surface area contributed by atoms with E-state index in [2.05, 4.69) is 20.3 Å². The largest absolute Gasteiger partial charge is 0.492 e. The van der Waals surface area contributed by atoms with Gasteiger partial charge in [0.2, 0.25) is 12.7 Å². The van der Waals surface area contributed by atoms with Crippen LogP contribution in [0.1, 0.15) is 36.0 Å². The molecule has 1 aliphatic carbocycles. The topological polar surface area (TPSA) is 139 Å². The maximum absolute atomic E-state index is 13.1. The van der Waals surface area contributed by atoms with Crippen LogP contribution in [0.25, 0.3) is 22.3 Å². The van der Waals surface area contributed by atoms with Crippen molar-refractivity contribution in [3.8, 4) is 28.5 Å². The highest BCUT2D eigenvalue weighted by molar-refractivity contribution is 6.08. The molecule has 3 N–H and O–H groups in total. The molecule has 194 valence electrons. The number of H-pyrrole nitrogens is 1. The highest BCUT2D eigenvalue weighted by Gasteiger charge is 2.29. The fourth-order valence-corrected chi connectivity index (χ4v) is 4.91. The first kappa shape index (κ1) is 23.5. The van der Waals surface area contributed by atoms with Crippen molar-refractivity contribution in [3.63, 3.8) is 0 Å². The molecule has 2 aromatic heterocycles. The summed E-state index contributed by atoms with van der Waals surface area (Å²) in [6.07, 6.45) is 6.98. The molecule has 0 spiro atoms. The molecule has 2 amide bonds. The van der Waals surface area contributed by atoms with E-state index in [1.54, 1.807) is 11.1 Å². The number of benzene rings is 1. The van der Waals surface area contributed by atoms with E-state index in [1.165, 1.54) is 19.2 Å². The van der Waals surface area contributed by atoms with Gasteiger partial charge in [-0.25, -0.2) is 9.97 Å². The summed E-state index contributed by atoms with van der Waals surface area (Å²) >= 11 is 0. The molecule has 11 heteroatoms. The average Bonchev–Trinajstić information content (AvgIpc) is 3.46. The lowest BCUT2D eigenvalue weighted by atomic mass is 9.96. The standard InChI is InChI=1S/C26H29N5O6/c32-11-20(33)31-7-5-15(6-8-31)9-28-26(34)17-10-27-24-22(17)29-13-30-23(24)21-18(35-12-16-1-2-16)3-4-19-25(21)37-14-36-19/h3-4,10,13,15-16,27,32H,1-2,5-9,11-12,14H2,(H,28,34). The minimum absolute atomic E-state index is 0.119. The normalized spacial score (nSPS) is 17.3. The van der Waals surface area contributed by atoms with Gasteiger partial charge >= 0.3 is 0 Å². The van der Waals surface area contributed by atoms with E-state index < -0.39 is 6.61 Å². The van der Waals surface area contributed by atoms with Crippen LogP contribution in [-0.2, 0) is 4.79 Å². The number of ether oxygens (including phenoxy) is 3. The van der Waals surface area contributed by atoms with E-state index in [-0.39, 0.29) is 24.5 Å². The van der Waals surface area contributed by atoms with Crippen molar-refractivity contribution in [3.05, 3.63) is 30.2 Å². The maximum atomic E-state index is 13.1. The number of likely N-dealkylation sites (tertiary alicyclic amines) is 1. The second kappa shape index (κ2) is 9.89. The van der Waals surface area contributed by atoms with Gasteiger partial charge in [-0.2, -0.15) is 0 Å². The van der Waals surface area contributed by atoms with Crippen molar-refractivity contribution in [2.45, 2.75) is 25.7 Å². The zero-order chi connectivity index (χ0) is 25.4. The van der Waals surface area contributed by atoms with Gasteiger partial charge in [0.15, 0.2) is 11.5 Å². The summed E-state index contributed by atoms with van der Waals surface area (Å²) in [7, 11) is 0. The van der Waals surface area contributed by atoms with Crippen molar-refractivity contribution in [2.24, 2.45) is 11.8 Å². The second-order valence-corrected chi connectivity index (χ2v) is 9.77. The van der Waals surface area contributed by atoms with Crippen LogP contribution in [-0.4, -0.2) is 76.4 Å². The lowest BCUT2D eigenvalue weighted by Gasteiger charge is -2.31. The highest BCUT2D eigenvalue weighted by atomic mass is 16.7. The van der Waals surface area contributed by atoms with Gasteiger partial charge in [0, 0.05) is 25.8 Å². The molecular formula is C26H29N5O6. The Kier molecular flexibility index (Phi) is 6.29. The van der Waals surface area contributed by atoms with Crippen LogP contribution in [0.2, 0.25) is 0 Å². The van der Waals surface area contributed by atoms with Gasteiger partial charge in [-0.15, -0.1) is 0 Å². The predicted octanol–water partition coefficient (Wildman–Crippen LogP) is 2.10. The van der Waals surface area contributed by atoms with E-state index >= 15 is 0 Å². The molecule has 1 saturated heterocycles. The number of aliphatic hydroxyl groups excluding tert-OH is 1. The second-order valence-electron chi connectivity index (χ2n) is 9.77. The van der Waals surface area contributed by atoms with Crippen LogP contribution < -0.4 is 19.5 Å². The highest BCUT2D eigenvalue weighted by Crippen LogP contribution is 2.48. The molecule has 0 unspecified atom stereocenters. The van der Waals surface area contributed by atoms with E-state index in [9.17, 15) is 9.59 Å². The molecule has 0 atom stereocenters. The third kappa shape index (κ3) is 4.66. The lowest BCUT2D eigenvalue weighted by molar-refractivity contribution is -0.135. The quantitative estimate of drug-likeness (QED) is 0.421. The smallest absolute Gasteiger partial charge is 0.255 e. The number of hydrogen-bond donors (Lipinski definition) is 3. The molecule has 0 radical (unpaired) electrons. The fraction of sp³-hybridized carbons (Fsp3) is 0.462. The third-order valence-corrected chi connectivity index (χ3v) is 7.27. The summed E-state index contributed by atoms with van der Waals surface area (Å²) in [6, 6.07) is 3.71. The minimum atomic E-state index is -0.467. The predicted molar refractivity (Wildman–Crippen MR) is 132 cm³/mol. The first-order chi connectivity index (χ1) is 18.1. The van der Waals surface area contributed by atoms with Gasteiger partial charge in [0.1, 0.15) is 29.9 Å². The molecule has 4 heterocycles. The Labute approximate surface area is 213 Å². The first-order valence-electron chi connectivity index (χ1n) is 12.7. The molecule has 6 rings (SSSR count). The van der Waals surface area contributed by atoms with Crippen LogP contribution in [0.15, 0.2) is 24.7 Å². The SMILES string of the molecule is O=C(NCC1CCN(C(=O)CO)CC1)c1c[nH]c2c(-c3c(OCC4CC4)ccc4c3OCO4)ncnc12. The molecule has 3 aliphatic rings. The first-order valence-corrected chi connectivity index (χ1v) is 12.7. The number of aromatic amines is 1. The van der Waals surface area contributed by atoms with Gasteiger partial charge in [0.05, 0.1) is 23.3 Å². The minimum Gasteiger partial charge on any atom is -0.492 e. The number of nitrogens with zero attached hydrogens (tertiary/aromatic N) is 3. The summed E-state index contributed by atoms with van der Waals surface area (Å²) in [4.78, 5) is 38.6. The van der Waals surface area contributed by atoms with Crippen LogP contribution in [0, 0.1) is 11.8 Å². The van der Waals surface area contributed by atoms with Crippen molar-refractivity contribution < 1.29 is 28.9 Å². The van der Waals surface area contributed by atoms with Gasteiger partial charge < -0.3 is 34.5 Å². The van der Waals surface area contributed by atoms with Crippen molar-refractivity contribution in [1.82, 2.24) is 25.2 Å². The summed E-state index contributed by atoms with van der Waals surface area (Å²) in [6.45, 7) is 1.95. The molecule has 11 nitrogen and oxygen atoms in total. The van der Waals surface area contributed by atoms with E-state index in [0.717, 1.165) is 12.8 Å². The van der Waals surface area contributed by atoms with Crippen LogP contribution in [0.3, 0.4) is 0 Å². The van der Waals surface area contributed by atoms with Crippen molar-refractivity contribution >= 4 is 22.8 Å². The molecule has 1 aromatic carbocycles. The Hall–Kier alpha value is -3.86. The van der Waals surface area contributed by atoms with Gasteiger partial charge in [0.25, 0.3) is 5.91 Å². The Morgan fingerprint density at radius 3 is 2.76 bits per heavy atom. The molecule has 0 bridgehead atoms. The fourth-order valence-electron chi connectivity index (χ4n) is 4.91. The molecule has 2 fully saturated rings. The lowest BCUT2D eigenvalue weighted by Crippen LogP contribution is -2.42. The number of fused-ring (bicyclic) bond motifs is 2. The monoisotopic (exact) mass is 507 g/mol. The average molecular weight is 508 g/mol. The van der Waals surface area contributed by atoms with E-state index in [0.29, 0.717) is 77.3 Å². The molecule has 37 heavy (non-hydrogen) atoms. The number of aromatic nitrogens is 3. The summed E-state index contributed by atoms with van der Waals surface area (Å²) in [5.41, 5.74) is 2.81. The number of carbonyl (C=O) groups is 2. The van der Waals surface area contributed by atoms with Crippen LogP contribution in [0.5, 0.6) is 17.2 Å². The maximum Gasteiger partial charge on any atom is 0.255 e. The summed E-state index contributed by atoms with van der Waals surface area (Å²) < 4.78 is 17.5. The van der Waals surface area contributed by atoms with Gasteiger partial charge in [-0.05, 0) is 49.7 Å². The number of amides is 2. The Morgan fingerprint density at radius 1 is 1.14 bits per heavy atom. The van der Waals surface area contributed by atoms with E-state index in [1.807, 2.05) is 12.1 Å². The number of piperidine rings is 1. The zero-order valence-electron chi connectivity index (χ0n) is 20.4. The number of carbonyl (C=O) groups excluding carboxylic acids is 2. The summed E-state index contributed by atoms with van der Waals surface area (Å²) in [5.74, 6) is 2.20. The molecular weight excluding hydrogens is 478 g/mol. The molecule has 1 saturated carbocycles. The third-order valence-electron chi connectivity index (χ3n) is 7.27. The van der Waals surface area contributed by atoms with Gasteiger partial charge in [-0.3, -0.25) is 9.59 Å². The van der Waals surface area contributed by atoms with E-state index in [4.69, 9.17) is 19.3 Å². The van der Waals surface area contributed by atoms with Crippen LogP contribution in [0.4, 0.5) is 0 Å².